The molecular formula is C11H17NO2S. The summed E-state index contributed by atoms with van der Waals surface area (Å²) in [6, 6.07) is 1.94. The van der Waals surface area contributed by atoms with Crippen LogP contribution in [-0.2, 0) is 0 Å². The molecule has 0 bridgehead atoms. The fraction of sp³-hybridized carbons (Fsp3) is 0.545. The molecule has 2 N–H and O–H groups in total. The number of hydrogen-bond donors (Lipinski definition) is 2. The maximum atomic E-state index is 11.7. The molecule has 0 saturated heterocycles. The molecule has 0 aliphatic rings. The Morgan fingerprint density at radius 2 is 2.40 bits per heavy atom. The lowest BCUT2D eigenvalue weighted by Crippen LogP contribution is -2.28. The highest BCUT2D eigenvalue weighted by Crippen LogP contribution is 2.15. The number of aryl methyl sites for hydroxylation is 1. The molecule has 0 aliphatic carbocycles. The van der Waals surface area contributed by atoms with E-state index in [0.29, 0.717) is 12.5 Å². The molecule has 0 aliphatic heterocycles. The Bertz CT molecular complexity index is 322. The van der Waals surface area contributed by atoms with E-state index in [1.807, 2.05) is 25.3 Å². The molecule has 0 saturated carbocycles. The van der Waals surface area contributed by atoms with E-state index in [1.165, 1.54) is 11.3 Å². The number of nitrogens with one attached hydrogen (secondary N) is 1. The maximum absolute atomic E-state index is 11.7. The Balaban J connectivity index is 2.40. The van der Waals surface area contributed by atoms with Gasteiger partial charge in [-0.3, -0.25) is 4.79 Å². The van der Waals surface area contributed by atoms with Gasteiger partial charge in [-0.2, -0.15) is 0 Å². The SMILES string of the molecule is Cc1ccsc1C(=O)NCC(C)CCO. The van der Waals surface area contributed by atoms with Gasteiger partial charge in [-0.05, 0) is 36.3 Å². The molecule has 4 heteroatoms. The zero-order valence-corrected chi connectivity index (χ0v) is 9.93. The number of amides is 1. The van der Waals surface area contributed by atoms with Crippen molar-refractivity contribution in [3.8, 4) is 0 Å². The first-order chi connectivity index (χ1) is 7.15. The number of aliphatic hydroxyl groups is 1. The lowest BCUT2D eigenvalue weighted by Gasteiger charge is -2.10. The highest BCUT2D eigenvalue weighted by atomic mass is 32.1. The van der Waals surface area contributed by atoms with Gasteiger partial charge >= 0.3 is 0 Å². The molecule has 1 atom stereocenters. The third-order valence-corrected chi connectivity index (χ3v) is 3.32. The summed E-state index contributed by atoms with van der Waals surface area (Å²) in [5.41, 5.74) is 1.02. The Morgan fingerprint density at radius 1 is 1.67 bits per heavy atom. The van der Waals surface area contributed by atoms with Crippen LogP contribution in [0.1, 0.15) is 28.6 Å². The second kappa shape index (κ2) is 5.88. The number of thiophene rings is 1. The van der Waals surface area contributed by atoms with Crippen LogP contribution in [0.5, 0.6) is 0 Å². The van der Waals surface area contributed by atoms with Gasteiger partial charge in [-0.25, -0.2) is 0 Å². The molecule has 84 valence electrons. The number of carbonyl (C=O) groups excluding carboxylic acids is 1. The monoisotopic (exact) mass is 227 g/mol. The summed E-state index contributed by atoms with van der Waals surface area (Å²) >= 11 is 1.46. The van der Waals surface area contributed by atoms with Crippen molar-refractivity contribution in [2.45, 2.75) is 20.3 Å². The number of carbonyl (C=O) groups is 1. The number of aliphatic hydroxyl groups excluding tert-OH is 1. The molecule has 3 nitrogen and oxygen atoms in total. The minimum absolute atomic E-state index is 0.00714. The predicted octanol–water partition coefficient (Wildman–Crippen LogP) is 1.80. The molecule has 1 aromatic heterocycles. The van der Waals surface area contributed by atoms with E-state index in [-0.39, 0.29) is 12.5 Å². The van der Waals surface area contributed by atoms with E-state index >= 15 is 0 Å². The zero-order valence-electron chi connectivity index (χ0n) is 9.12. The van der Waals surface area contributed by atoms with Crippen LogP contribution in [0.2, 0.25) is 0 Å². The molecule has 1 amide bonds. The van der Waals surface area contributed by atoms with Crippen LogP contribution in [0.3, 0.4) is 0 Å². The first kappa shape index (κ1) is 12.2. The normalized spacial score (nSPS) is 12.5. The lowest BCUT2D eigenvalue weighted by molar-refractivity contribution is 0.0949. The Hall–Kier alpha value is -0.870. The van der Waals surface area contributed by atoms with Crippen LogP contribution >= 0.6 is 11.3 Å². The van der Waals surface area contributed by atoms with E-state index in [2.05, 4.69) is 5.32 Å². The number of hydrogen-bond acceptors (Lipinski definition) is 3. The predicted molar refractivity (Wildman–Crippen MR) is 62.3 cm³/mol. The van der Waals surface area contributed by atoms with E-state index in [9.17, 15) is 4.79 Å². The fourth-order valence-electron chi connectivity index (χ4n) is 1.28. The van der Waals surface area contributed by atoms with Gasteiger partial charge in [0.15, 0.2) is 0 Å². The Labute approximate surface area is 94.1 Å². The van der Waals surface area contributed by atoms with E-state index in [0.717, 1.165) is 16.9 Å². The van der Waals surface area contributed by atoms with Gasteiger partial charge in [0.25, 0.3) is 5.91 Å². The zero-order chi connectivity index (χ0) is 11.3. The summed E-state index contributed by atoms with van der Waals surface area (Å²) < 4.78 is 0. The van der Waals surface area contributed by atoms with Gasteiger partial charge in [0, 0.05) is 13.2 Å². The Kier molecular flexibility index (Phi) is 4.78. The molecule has 0 fully saturated rings. The van der Waals surface area contributed by atoms with Gasteiger partial charge in [0.1, 0.15) is 0 Å². The summed E-state index contributed by atoms with van der Waals surface area (Å²) in [5.74, 6) is 0.312. The maximum Gasteiger partial charge on any atom is 0.261 e. The van der Waals surface area contributed by atoms with Crippen molar-refractivity contribution in [2.75, 3.05) is 13.2 Å². The van der Waals surface area contributed by atoms with E-state index < -0.39 is 0 Å². The molecule has 0 aromatic carbocycles. The molecule has 0 radical (unpaired) electrons. The van der Waals surface area contributed by atoms with Crippen LogP contribution in [0, 0.1) is 12.8 Å². The van der Waals surface area contributed by atoms with Crippen molar-refractivity contribution in [1.82, 2.24) is 5.32 Å². The summed E-state index contributed by atoms with van der Waals surface area (Å²) in [5, 5.41) is 13.5. The second-order valence-electron chi connectivity index (χ2n) is 3.76. The van der Waals surface area contributed by atoms with Gasteiger partial charge in [0.05, 0.1) is 4.88 Å². The standard InChI is InChI=1S/C11H17NO2S/c1-8(3-5-13)7-12-11(14)10-9(2)4-6-15-10/h4,6,8,13H,3,5,7H2,1-2H3,(H,12,14). The molecule has 1 heterocycles. The van der Waals surface area contributed by atoms with Crippen molar-refractivity contribution < 1.29 is 9.90 Å². The van der Waals surface area contributed by atoms with E-state index in [4.69, 9.17) is 5.11 Å². The van der Waals surface area contributed by atoms with Crippen LogP contribution in [0.4, 0.5) is 0 Å². The first-order valence-corrected chi connectivity index (χ1v) is 5.96. The van der Waals surface area contributed by atoms with Crippen LogP contribution < -0.4 is 5.32 Å². The summed E-state index contributed by atoms with van der Waals surface area (Å²) in [4.78, 5) is 12.5. The lowest BCUT2D eigenvalue weighted by atomic mass is 10.1. The largest absolute Gasteiger partial charge is 0.396 e. The van der Waals surface area contributed by atoms with Crippen molar-refractivity contribution in [3.05, 3.63) is 21.9 Å². The molecule has 1 aromatic rings. The van der Waals surface area contributed by atoms with Gasteiger partial charge in [-0.1, -0.05) is 6.92 Å². The third kappa shape index (κ3) is 3.64. The van der Waals surface area contributed by atoms with Gasteiger partial charge in [0.2, 0.25) is 0 Å². The average molecular weight is 227 g/mol. The van der Waals surface area contributed by atoms with Crippen molar-refractivity contribution in [1.29, 1.82) is 0 Å². The van der Waals surface area contributed by atoms with Crippen LogP contribution in [0.15, 0.2) is 11.4 Å². The molecular weight excluding hydrogens is 210 g/mol. The second-order valence-corrected chi connectivity index (χ2v) is 4.68. The van der Waals surface area contributed by atoms with Gasteiger partial charge < -0.3 is 10.4 Å². The highest BCUT2D eigenvalue weighted by Gasteiger charge is 2.10. The highest BCUT2D eigenvalue weighted by molar-refractivity contribution is 7.12. The summed E-state index contributed by atoms with van der Waals surface area (Å²) in [6.07, 6.45) is 0.726. The van der Waals surface area contributed by atoms with Crippen molar-refractivity contribution in [2.24, 2.45) is 5.92 Å². The fourth-order valence-corrected chi connectivity index (χ4v) is 2.12. The Morgan fingerprint density at radius 3 is 2.93 bits per heavy atom. The smallest absolute Gasteiger partial charge is 0.261 e. The van der Waals surface area contributed by atoms with Crippen LogP contribution in [-0.4, -0.2) is 24.2 Å². The molecule has 15 heavy (non-hydrogen) atoms. The van der Waals surface area contributed by atoms with Crippen molar-refractivity contribution in [3.63, 3.8) is 0 Å². The minimum atomic E-state index is -0.00714. The minimum Gasteiger partial charge on any atom is -0.396 e. The molecule has 0 spiro atoms. The average Bonchev–Trinajstić information content (AvgIpc) is 2.61. The van der Waals surface area contributed by atoms with Crippen LogP contribution in [0.25, 0.3) is 0 Å². The quantitative estimate of drug-likeness (QED) is 0.806. The van der Waals surface area contributed by atoms with E-state index in [1.54, 1.807) is 0 Å². The van der Waals surface area contributed by atoms with Crippen molar-refractivity contribution >= 4 is 17.2 Å². The molecule has 1 unspecified atom stereocenters. The van der Waals surface area contributed by atoms with Gasteiger partial charge in [-0.15, -0.1) is 11.3 Å². The summed E-state index contributed by atoms with van der Waals surface area (Å²) in [7, 11) is 0. The summed E-state index contributed by atoms with van der Waals surface area (Å²) in [6.45, 7) is 4.74. The molecule has 1 rings (SSSR count). The first-order valence-electron chi connectivity index (χ1n) is 5.08. The third-order valence-electron chi connectivity index (χ3n) is 2.30. The number of rotatable bonds is 5. The topological polar surface area (TPSA) is 49.3 Å².